The Bertz CT molecular complexity index is 715. The molecular formula is C16H13N3. The molecule has 0 bridgehead atoms. The number of aromatic nitrogens is 3. The third kappa shape index (κ3) is 1.58. The van der Waals surface area contributed by atoms with E-state index in [-0.39, 0.29) is 0 Å². The number of hydrogen-bond donors (Lipinski definition) is 1. The van der Waals surface area contributed by atoms with Gasteiger partial charge in [-0.1, -0.05) is 30.3 Å². The van der Waals surface area contributed by atoms with Gasteiger partial charge in [-0.2, -0.15) is 0 Å². The number of aryl methyl sites for hydroxylation is 1. The van der Waals surface area contributed by atoms with Gasteiger partial charge in [0.2, 0.25) is 0 Å². The fourth-order valence-electron chi connectivity index (χ4n) is 2.83. The predicted molar refractivity (Wildman–Crippen MR) is 74.7 cm³/mol. The molecule has 1 aliphatic carbocycles. The van der Waals surface area contributed by atoms with E-state index in [0.717, 1.165) is 18.5 Å². The summed E-state index contributed by atoms with van der Waals surface area (Å²) in [5.74, 6) is 0. The van der Waals surface area contributed by atoms with Crippen LogP contribution < -0.4 is 0 Å². The Morgan fingerprint density at radius 1 is 1.05 bits per heavy atom. The van der Waals surface area contributed by atoms with Crippen molar-refractivity contribution in [2.24, 2.45) is 0 Å². The summed E-state index contributed by atoms with van der Waals surface area (Å²) in [6.07, 6.45) is 7.69. The second-order valence-corrected chi connectivity index (χ2v) is 4.82. The predicted octanol–water partition coefficient (Wildman–Crippen LogP) is 3.24. The Morgan fingerprint density at radius 2 is 1.95 bits per heavy atom. The molecule has 2 heterocycles. The first-order valence-electron chi connectivity index (χ1n) is 6.48. The molecule has 0 spiro atoms. The van der Waals surface area contributed by atoms with Crippen molar-refractivity contribution < 1.29 is 0 Å². The van der Waals surface area contributed by atoms with Crippen LogP contribution in [0.1, 0.15) is 11.1 Å². The van der Waals surface area contributed by atoms with Crippen LogP contribution >= 0.6 is 0 Å². The molecule has 4 rings (SSSR count). The normalized spacial score (nSPS) is 12.8. The monoisotopic (exact) mass is 247 g/mol. The van der Waals surface area contributed by atoms with Crippen molar-refractivity contribution in [3.05, 3.63) is 60.2 Å². The van der Waals surface area contributed by atoms with E-state index in [1.54, 1.807) is 6.33 Å². The number of nitrogens with one attached hydrogen (secondary N) is 1. The van der Waals surface area contributed by atoms with Crippen LogP contribution in [0.2, 0.25) is 0 Å². The van der Waals surface area contributed by atoms with Gasteiger partial charge in [-0.25, -0.2) is 9.97 Å². The third-order valence-corrected chi connectivity index (χ3v) is 3.74. The lowest BCUT2D eigenvalue weighted by Gasteiger charge is -2.15. The molecule has 92 valence electrons. The molecule has 3 heteroatoms. The Hall–Kier alpha value is -2.42. The topological polar surface area (TPSA) is 41.6 Å². The first-order chi connectivity index (χ1) is 9.43. The van der Waals surface area contributed by atoms with Crippen LogP contribution in [-0.4, -0.2) is 15.0 Å². The maximum absolute atomic E-state index is 4.44. The van der Waals surface area contributed by atoms with Gasteiger partial charge < -0.3 is 4.98 Å². The lowest BCUT2D eigenvalue weighted by atomic mass is 9.90. The van der Waals surface area contributed by atoms with Gasteiger partial charge in [0.15, 0.2) is 0 Å². The zero-order valence-electron chi connectivity index (χ0n) is 10.4. The summed E-state index contributed by atoms with van der Waals surface area (Å²) in [6, 6.07) is 10.5. The molecule has 0 fully saturated rings. The standard InChI is InChI=1S/C16H13N3/c1-2-4-11(5-3-1)15-13-7-6-12-8-17-10-19-16(12)14(13)9-18-15/h1-5,8-10,18H,6-7H2. The minimum absolute atomic E-state index is 1.01. The van der Waals surface area contributed by atoms with Crippen molar-refractivity contribution in [1.82, 2.24) is 15.0 Å². The molecule has 0 atom stereocenters. The molecular weight excluding hydrogens is 234 g/mol. The molecule has 0 saturated carbocycles. The highest BCUT2D eigenvalue weighted by atomic mass is 14.8. The highest BCUT2D eigenvalue weighted by molar-refractivity contribution is 5.78. The summed E-state index contributed by atoms with van der Waals surface area (Å²) in [4.78, 5) is 12.0. The summed E-state index contributed by atoms with van der Waals surface area (Å²) in [5, 5.41) is 0. The zero-order chi connectivity index (χ0) is 12.7. The van der Waals surface area contributed by atoms with E-state index >= 15 is 0 Å². The molecule has 1 N–H and O–H groups in total. The van der Waals surface area contributed by atoms with E-state index in [1.807, 2.05) is 12.3 Å². The van der Waals surface area contributed by atoms with Gasteiger partial charge in [-0.3, -0.25) is 0 Å². The molecule has 0 saturated heterocycles. The van der Waals surface area contributed by atoms with Gasteiger partial charge >= 0.3 is 0 Å². The minimum Gasteiger partial charge on any atom is -0.360 e. The second kappa shape index (κ2) is 4.05. The van der Waals surface area contributed by atoms with E-state index in [1.165, 1.54) is 27.9 Å². The van der Waals surface area contributed by atoms with Gasteiger partial charge in [0.1, 0.15) is 6.33 Å². The van der Waals surface area contributed by atoms with E-state index in [9.17, 15) is 0 Å². The van der Waals surface area contributed by atoms with Crippen LogP contribution in [-0.2, 0) is 12.8 Å². The highest BCUT2D eigenvalue weighted by Crippen LogP contribution is 2.36. The maximum Gasteiger partial charge on any atom is 0.116 e. The number of rotatable bonds is 1. The smallest absolute Gasteiger partial charge is 0.116 e. The van der Waals surface area contributed by atoms with Crippen molar-refractivity contribution >= 4 is 0 Å². The van der Waals surface area contributed by atoms with Crippen LogP contribution in [0.3, 0.4) is 0 Å². The van der Waals surface area contributed by atoms with Crippen LogP contribution in [0.4, 0.5) is 0 Å². The summed E-state index contributed by atoms with van der Waals surface area (Å²) < 4.78 is 0. The third-order valence-electron chi connectivity index (χ3n) is 3.74. The second-order valence-electron chi connectivity index (χ2n) is 4.82. The molecule has 2 aromatic heterocycles. The van der Waals surface area contributed by atoms with Crippen molar-refractivity contribution in [2.45, 2.75) is 12.8 Å². The van der Waals surface area contributed by atoms with E-state index in [0.29, 0.717) is 0 Å². The number of aromatic amines is 1. The lowest BCUT2D eigenvalue weighted by Crippen LogP contribution is -2.05. The van der Waals surface area contributed by atoms with Crippen LogP contribution in [0.25, 0.3) is 22.5 Å². The van der Waals surface area contributed by atoms with Gasteiger partial charge in [-0.05, 0) is 29.5 Å². The average Bonchev–Trinajstić information content (AvgIpc) is 2.92. The number of H-pyrrole nitrogens is 1. The Kier molecular flexibility index (Phi) is 2.24. The molecule has 1 aliphatic rings. The minimum atomic E-state index is 1.01. The maximum atomic E-state index is 4.44. The van der Waals surface area contributed by atoms with Crippen molar-refractivity contribution in [3.63, 3.8) is 0 Å². The first kappa shape index (κ1) is 10.5. The Labute approximate surface area is 111 Å². The first-order valence-corrected chi connectivity index (χ1v) is 6.48. The van der Waals surface area contributed by atoms with Gasteiger partial charge in [0.05, 0.1) is 5.69 Å². The zero-order valence-corrected chi connectivity index (χ0v) is 10.4. The van der Waals surface area contributed by atoms with Crippen LogP contribution in [0.15, 0.2) is 49.1 Å². The van der Waals surface area contributed by atoms with Gasteiger partial charge in [0, 0.05) is 23.7 Å². The molecule has 19 heavy (non-hydrogen) atoms. The molecule has 3 aromatic rings. The highest BCUT2D eigenvalue weighted by Gasteiger charge is 2.21. The average molecular weight is 247 g/mol. The number of fused-ring (bicyclic) bond motifs is 3. The van der Waals surface area contributed by atoms with Gasteiger partial charge in [-0.15, -0.1) is 0 Å². The molecule has 3 nitrogen and oxygen atoms in total. The molecule has 0 aliphatic heterocycles. The summed E-state index contributed by atoms with van der Waals surface area (Å²) >= 11 is 0. The fourth-order valence-corrected chi connectivity index (χ4v) is 2.83. The quantitative estimate of drug-likeness (QED) is 0.717. The van der Waals surface area contributed by atoms with E-state index < -0.39 is 0 Å². The van der Waals surface area contributed by atoms with Crippen LogP contribution in [0, 0.1) is 0 Å². The molecule has 1 aromatic carbocycles. The molecule has 0 amide bonds. The lowest BCUT2D eigenvalue weighted by molar-refractivity contribution is 0.916. The van der Waals surface area contributed by atoms with Crippen LogP contribution in [0.5, 0.6) is 0 Å². The fraction of sp³-hybridized carbons (Fsp3) is 0.125. The SMILES string of the molecule is c1ccc(-c2[nH]cc3c2CCc2cncnc2-3)cc1. The summed E-state index contributed by atoms with van der Waals surface area (Å²) in [5.41, 5.74) is 7.38. The molecule has 0 radical (unpaired) electrons. The number of hydrogen-bond acceptors (Lipinski definition) is 2. The van der Waals surface area contributed by atoms with E-state index in [2.05, 4.69) is 45.4 Å². The Balaban J connectivity index is 1.91. The van der Waals surface area contributed by atoms with Crippen molar-refractivity contribution in [2.75, 3.05) is 0 Å². The molecule has 0 unspecified atom stereocenters. The van der Waals surface area contributed by atoms with Gasteiger partial charge in [0.25, 0.3) is 0 Å². The largest absolute Gasteiger partial charge is 0.360 e. The van der Waals surface area contributed by atoms with E-state index in [4.69, 9.17) is 0 Å². The van der Waals surface area contributed by atoms with Crippen molar-refractivity contribution in [1.29, 1.82) is 0 Å². The van der Waals surface area contributed by atoms with Crippen molar-refractivity contribution in [3.8, 4) is 22.5 Å². The summed E-state index contributed by atoms with van der Waals surface area (Å²) in [7, 11) is 0. The summed E-state index contributed by atoms with van der Waals surface area (Å²) in [6.45, 7) is 0. The number of nitrogens with zero attached hydrogens (tertiary/aromatic N) is 2. The Morgan fingerprint density at radius 3 is 2.84 bits per heavy atom. The number of benzene rings is 1.